The van der Waals surface area contributed by atoms with Crippen molar-refractivity contribution in [1.82, 2.24) is 4.90 Å². The number of carbonyl (C=O) groups is 1. The number of hydrogen-bond acceptors (Lipinski definition) is 2. The Bertz CT molecular complexity index is 203. The Kier molecular flexibility index (Phi) is 4.36. The molecule has 1 atom stereocenters. The molecule has 0 saturated carbocycles. The van der Waals surface area contributed by atoms with Crippen molar-refractivity contribution in [1.29, 1.82) is 0 Å². The molecular formula is C10H17NOS. The molecule has 3 heteroatoms. The van der Waals surface area contributed by atoms with Gasteiger partial charge in [-0.1, -0.05) is 13.0 Å². The summed E-state index contributed by atoms with van der Waals surface area (Å²) in [4.78, 5) is 13.4. The van der Waals surface area contributed by atoms with Gasteiger partial charge in [0.25, 0.3) is 0 Å². The number of nitrogens with zero attached hydrogens (tertiary/aromatic N) is 1. The summed E-state index contributed by atoms with van der Waals surface area (Å²) >= 11 is 1.98. The van der Waals surface area contributed by atoms with Gasteiger partial charge in [-0.25, -0.2) is 0 Å². The average Bonchev–Trinajstić information content (AvgIpc) is 2.18. The highest BCUT2D eigenvalue weighted by Gasteiger charge is 2.20. The predicted molar refractivity (Wildman–Crippen MR) is 57.9 cm³/mol. The van der Waals surface area contributed by atoms with Gasteiger partial charge in [0.05, 0.1) is 0 Å². The third kappa shape index (κ3) is 3.07. The fraction of sp³-hybridized carbons (Fsp3) is 0.700. The number of thioether (sulfide) groups is 1. The number of rotatable bonds is 2. The number of amides is 1. The SMILES string of the molecule is C/C=C/C(=O)N1CCSC(CC)C1. The zero-order valence-corrected chi connectivity index (χ0v) is 9.14. The molecule has 2 nitrogen and oxygen atoms in total. The van der Waals surface area contributed by atoms with Gasteiger partial charge in [-0.05, 0) is 19.4 Å². The first-order valence-electron chi connectivity index (χ1n) is 4.81. The third-order valence-electron chi connectivity index (χ3n) is 2.22. The van der Waals surface area contributed by atoms with Crippen LogP contribution in [0.3, 0.4) is 0 Å². The maximum atomic E-state index is 11.5. The smallest absolute Gasteiger partial charge is 0.246 e. The fourth-order valence-electron chi connectivity index (χ4n) is 1.41. The van der Waals surface area contributed by atoms with Gasteiger partial charge in [-0.2, -0.15) is 11.8 Å². The Labute approximate surface area is 84.4 Å². The van der Waals surface area contributed by atoms with E-state index in [1.165, 1.54) is 0 Å². The second-order valence-electron chi connectivity index (χ2n) is 3.19. The molecule has 0 aromatic carbocycles. The molecule has 0 aromatic heterocycles. The summed E-state index contributed by atoms with van der Waals surface area (Å²) < 4.78 is 0. The minimum absolute atomic E-state index is 0.168. The van der Waals surface area contributed by atoms with E-state index in [1.807, 2.05) is 29.7 Å². The molecule has 0 aliphatic carbocycles. The zero-order chi connectivity index (χ0) is 9.68. The summed E-state index contributed by atoms with van der Waals surface area (Å²) in [6.45, 7) is 5.89. The lowest BCUT2D eigenvalue weighted by atomic mass is 10.3. The Morgan fingerprint density at radius 2 is 2.46 bits per heavy atom. The Morgan fingerprint density at radius 1 is 1.69 bits per heavy atom. The van der Waals surface area contributed by atoms with Crippen LogP contribution in [0.15, 0.2) is 12.2 Å². The van der Waals surface area contributed by atoms with Gasteiger partial charge in [-0.15, -0.1) is 0 Å². The summed E-state index contributed by atoms with van der Waals surface area (Å²) in [5.74, 6) is 1.25. The van der Waals surface area contributed by atoms with Crippen molar-refractivity contribution in [2.24, 2.45) is 0 Å². The predicted octanol–water partition coefficient (Wildman–Crippen LogP) is 1.92. The van der Waals surface area contributed by atoms with Gasteiger partial charge in [0, 0.05) is 24.1 Å². The van der Waals surface area contributed by atoms with Crippen LogP contribution >= 0.6 is 11.8 Å². The lowest BCUT2D eigenvalue weighted by Crippen LogP contribution is -2.40. The van der Waals surface area contributed by atoms with Crippen LogP contribution in [0.2, 0.25) is 0 Å². The molecular weight excluding hydrogens is 182 g/mol. The van der Waals surface area contributed by atoms with Crippen molar-refractivity contribution in [3.8, 4) is 0 Å². The van der Waals surface area contributed by atoms with E-state index in [0.29, 0.717) is 5.25 Å². The molecule has 1 fully saturated rings. The monoisotopic (exact) mass is 199 g/mol. The summed E-state index contributed by atoms with van der Waals surface area (Å²) in [6.07, 6.45) is 4.62. The maximum absolute atomic E-state index is 11.5. The van der Waals surface area contributed by atoms with Crippen molar-refractivity contribution in [2.75, 3.05) is 18.8 Å². The standard InChI is InChI=1S/C10H17NOS/c1-3-5-10(12)11-6-7-13-9(4-2)8-11/h3,5,9H,4,6-8H2,1-2H3/b5-3+. The van der Waals surface area contributed by atoms with Gasteiger partial charge in [0.1, 0.15) is 0 Å². The van der Waals surface area contributed by atoms with E-state index < -0.39 is 0 Å². The summed E-state index contributed by atoms with van der Waals surface area (Å²) in [6, 6.07) is 0. The molecule has 0 radical (unpaired) electrons. The van der Waals surface area contributed by atoms with E-state index in [2.05, 4.69) is 6.92 Å². The topological polar surface area (TPSA) is 20.3 Å². The summed E-state index contributed by atoms with van der Waals surface area (Å²) in [5, 5.41) is 0.642. The molecule has 0 bridgehead atoms. The minimum atomic E-state index is 0.168. The van der Waals surface area contributed by atoms with Gasteiger partial charge >= 0.3 is 0 Å². The van der Waals surface area contributed by atoms with Crippen molar-refractivity contribution >= 4 is 17.7 Å². The fourth-order valence-corrected chi connectivity index (χ4v) is 2.59. The van der Waals surface area contributed by atoms with Crippen molar-refractivity contribution in [3.63, 3.8) is 0 Å². The molecule has 1 heterocycles. The van der Waals surface area contributed by atoms with Crippen LogP contribution in [-0.4, -0.2) is 34.9 Å². The third-order valence-corrected chi connectivity index (χ3v) is 3.59. The van der Waals surface area contributed by atoms with Gasteiger partial charge in [0.2, 0.25) is 5.91 Å². The highest BCUT2D eigenvalue weighted by Crippen LogP contribution is 2.20. The van der Waals surface area contributed by atoms with E-state index >= 15 is 0 Å². The second-order valence-corrected chi connectivity index (χ2v) is 4.59. The lowest BCUT2D eigenvalue weighted by Gasteiger charge is -2.31. The van der Waals surface area contributed by atoms with Gasteiger partial charge in [0.15, 0.2) is 0 Å². The Morgan fingerprint density at radius 3 is 3.08 bits per heavy atom. The van der Waals surface area contributed by atoms with E-state index in [9.17, 15) is 4.79 Å². The van der Waals surface area contributed by atoms with Crippen LogP contribution < -0.4 is 0 Å². The van der Waals surface area contributed by atoms with E-state index in [-0.39, 0.29) is 5.91 Å². The maximum Gasteiger partial charge on any atom is 0.246 e. The zero-order valence-electron chi connectivity index (χ0n) is 8.32. The highest BCUT2D eigenvalue weighted by atomic mass is 32.2. The van der Waals surface area contributed by atoms with E-state index in [0.717, 1.165) is 25.3 Å². The molecule has 0 aromatic rings. The van der Waals surface area contributed by atoms with Crippen LogP contribution in [0.4, 0.5) is 0 Å². The molecule has 0 spiro atoms. The first-order valence-corrected chi connectivity index (χ1v) is 5.86. The van der Waals surface area contributed by atoms with Crippen molar-refractivity contribution in [3.05, 3.63) is 12.2 Å². The van der Waals surface area contributed by atoms with Crippen LogP contribution in [0.5, 0.6) is 0 Å². The van der Waals surface area contributed by atoms with E-state index in [1.54, 1.807) is 6.08 Å². The van der Waals surface area contributed by atoms with Crippen LogP contribution in [0.25, 0.3) is 0 Å². The Hall–Kier alpha value is -0.440. The molecule has 1 rings (SSSR count). The Balaban J connectivity index is 2.46. The molecule has 0 N–H and O–H groups in total. The summed E-state index contributed by atoms with van der Waals surface area (Å²) in [7, 11) is 0. The molecule has 1 aliphatic heterocycles. The normalized spacial score (nSPS) is 23.8. The molecule has 13 heavy (non-hydrogen) atoms. The van der Waals surface area contributed by atoms with Crippen molar-refractivity contribution in [2.45, 2.75) is 25.5 Å². The molecule has 74 valence electrons. The summed E-state index contributed by atoms with van der Waals surface area (Å²) in [5.41, 5.74) is 0. The second kappa shape index (κ2) is 5.32. The first kappa shape index (κ1) is 10.6. The first-order chi connectivity index (χ1) is 6.27. The molecule has 1 unspecified atom stereocenters. The largest absolute Gasteiger partial charge is 0.337 e. The highest BCUT2D eigenvalue weighted by molar-refractivity contribution is 8.00. The van der Waals surface area contributed by atoms with Gasteiger partial charge in [-0.3, -0.25) is 4.79 Å². The number of allylic oxidation sites excluding steroid dienone is 1. The van der Waals surface area contributed by atoms with Crippen molar-refractivity contribution < 1.29 is 4.79 Å². The van der Waals surface area contributed by atoms with Crippen LogP contribution in [-0.2, 0) is 4.79 Å². The number of hydrogen-bond donors (Lipinski definition) is 0. The van der Waals surface area contributed by atoms with Crippen LogP contribution in [0, 0.1) is 0 Å². The van der Waals surface area contributed by atoms with Crippen LogP contribution in [0.1, 0.15) is 20.3 Å². The lowest BCUT2D eigenvalue weighted by molar-refractivity contribution is -0.125. The quantitative estimate of drug-likeness (QED) is 0.633. The molecule has 1 amide bonds. The average molecular weight is 199 g/mol. The van der Waals surface area contributed by atoms with E-state index in [4.69, 9.17) is 0 Å². The number of carbonyl (C=O) groups excluding carboxylic acids is 1. The molecule has 1 aliphatic rings. The minimum Gasteiger partial charge on any atom is -0.337 e. The van der Waals surface area contributed by atoms with Gasteiger partial charge < -0.3 is 4.90 Å². The molecule has 1 saturated heterocycles.